The van der Waals surface area contributed by atoms with E-state index in [-0.39, 0.29) is 18.0 Å². The molecule has 0 aliphatic heterocycles. The number of Topliss-reactive ketones (excluding diaryl/α,β-unsaturated/α-hetero) is 1. The number of benzene rings is 1. The van der Waals surface area contributed by atoms with Gasteiger partial charge in [-0.2, -0.15) is 0 Å². The molecule has 0 N–H and O–H groups in total. The molecular weight excluding hydrogens is 339 g/mol. The molecule has 88 valence electrons. The topological polar surface area (TPSA) is 51.2 Å². The van der Waals surface area contributed by atoms with Gasteiger partial charge in [0, 0.05) is 21.8 Å². The Hall–Kier alpha value is -0.430. The van der Waals surface area contributed by atoms with Crippen molar-refractivity contribution in [3.05, 3.63) is 33.4 Å². The van der Waals surface area contributed by atoms with Gasteiger partial charge < -0.3 is 0 Å². The van der Waals surface area contributed by atoms with Crippen LogP contribution in [0.1, 0.15) is 23.2 Å². The van der Waals surface area contributed by atoms with Crippen LogP contribution >= 0.6 is 22.6 Å². The Bertz CT molecular complexity index is 480. The summed E-state index contributed by atoms with van der Waals surface area (Å²) in [5.41, 5.74) is 0.677. The lowest BCUT2D eigenvalue weighted by atomic mass is 10.1. The van der Waals surface area contributed by atoms with E-state index in [1.165, 1.54) is 6.26 Å². The zero-order chi connectivity index (χ0) is 12.2. The van der Waals surface area contributed by atoms with Crippen molar-refractivity contribution in [3.63, 3.8) is 0 Å². The van der Waals surface area contributed by atoms with E-state index >= 15 is 0 Å². The quantitative estimate of drug-likeness (QED) is 0.604. The molecule has 3 nitrogen and oxygen atoms in total. The summed E-state index contributed by atoms with van der Waals surface area (Å²) in [6.07, 6.45) is 1.86. The van der Waals surface area contributed by atoms with E-state index in [0.29, 0.717) is 12.0 Å². The molecule has 16 heavy (non-hydrogen) atoms. The summed E-state index contributed by atoms with van der Waals surface area (Å²) < 4.78 is 22.7. The highest BCUT2D eigenvalue weighted by Crippen LogP contribution is 2.14. The van der Waals surface area contributed by atoms with E-state index in [9.17, 15) is 13.2 Å². The predicted molar refractivity (Wildman–Crippen MR) is 72.4 cm³/mol. The van der Waals surface area contributed by atoms with Gasteiger partial charge in [0.05, 0.1) is 5.75 Å². The summed E-state index contributed by atoms with van der Waals surface area (Å²) in [7, 11) is -2.97. The van der Waals surface area contributed by atoms with Crippen molar-refractivity contribution in [2.75, 3.05) is 12.0 Å². The zero-order valence-electron chi connectivity index (χ0n) is 8.94. The Labute approximate surface area is 109 Å². The first-order chi connectivity index (χ1) is 7.40. The highest BCUT2D eigenvalue weighted by molar-refractivity contribution is 14.1. The van der Waals surface area contributed by atoms with Gasteiger partial charge in [-0.25, -0.2) is 8.42 Å². The first-order valence-electron chi connectivity index (χ1n) is 4.85. The standard InChI is InChI=1S/C11H13IO3S/c1-16(14,15)8-4-7-11(13)9-5-2-3-6-10(9)12/h2-3,5-6H,4,7-8H2,1H3. The summed E-state index contributed by atoms with van der Waals surface area (Å²) in [6, 6.07) is 7.32. The average molecular weight is 352 g/mol. The maximum absolute atomic E-state index is 11.8. The van der Waals surface area contributed by atoms with Crippen molar-refractivity contribution in [1.82, 2.24) is 0 Å². The van der Waals surface area contributed by atoms with Crippen LogP contribution < -0.4 is 0 Å². The van der Waals surface area contributed by atoms with Crippen LogP contribution in [-0.2, 0) is 9.84 Å². The number of sulfone groups is 1. The average Bonchev–Trinajstić information content (AvgIpc) is 2.16. The van der Waals surface area contributed by atoms with Gasteiger partial charge in [0.15, 0.2) is 5.78 Å². The Morgan fingerprint density at radius 2 is 1.94 bits per heavy atom. The molecule has 0 aliphatic carbocycles. The molecule has 0 amide bonds. The minimum atomic E-state index is -2.97. The van der Waals surface area contributed by atoms with E-state index in [1.807, 2.05) is 18.2 Å². The second-order valence-corrected chi connectivity index (χ2v) is 7.06. The Kier molecular flexibility index (Phi) is 4.91. The lowest BCUT2D eigenvalue weighted by molar-refractivity contribution is 0.0981. The van der Waals surface area contributed by atoms with E-state index in [1.54, 1.807) is 6.07 Å². The van der Waals surface area contributed by atoms with Crippen molar-refractivity contribution in [1.29, 1.82) is 0 Å². The number of carbonyl (C=O) groups excluding carboxylic acids is 1. The molecule has 0 radical (unpaired) electrons. The molecule has 0 fully saturated rings. The summed E-state index contributed by atoms with van der Waals surface area (Å²) >= 11 is 2.10. The molecular formula is C11H13IO3S. The van der Waals surface area contributed by atoms with Crippen molar-refractivity contribution in [2.45, 2.75) is 12.8 Å². The molecule has 1 aromatic carbocycles. The SMILES string of the molecule is CS(=O)(=O)CCCC(=O)c1ccccc1I. The first kappa shape index (κ1) is 13.6. The fraction of sp³-hybridized carbons (Fsp3) is 0.364. The second kappa shape index (κ2) is 5.77. The van der Waals surface area contributed by atoms with Crippen LogP contribution in [0, 0.1) is 3.57 Å². The smallest absolute Gasteiger partial charge is 0.163 e. The first-order valence-corrected chi connectivity index (χ1v) is 7.99. The van der Waals surface area contributed by atoms with Crippen LogP contribution in [0.2, 0.25) is 0 Å². The molecule has 1 rings (SSSR count). The summed E-state index contributed by atoms with van der Waals surface area (Å²) in [6.45, 7) is 0. The number of hydrogen-bond acceptors (Lipinski definition) is 3. The van der Waals surface area contributed by atoms with E-state index < -0.39 is 9.84 Å². The van der Waals surface area contributed by atoms with Crippen molar-refractivity contribution >= 4 is 38.2 Å². The second-order valence-electron chi connectivity index (χ2n) is 3.64. The molecule has 0 unspecified atom stereocenters. The van der Waals surface area contributed by atoms with E-state index in [2.05, 4.69) is 22.6 Å². The normalized spacial score (nSPS) is 11.4. The monoisotopic (exact) mass is 352 g/mol. The van der Waals surface area contributed by atoms with Crippen molar-refractivity contribution < 1.29 is 13.2 Å². The molecule has 0 aliphatic rings. The van der Waals surface area contributed by atoms with Gasteiger partial charge in [-0.15, -0.1) is 0 Å². The number of carbonyl (C=O) groups is 1. The van der Waals surface area contributed by atoms with Crippen LogP contribution in [0.4, 0.5) is 0 Å². The Morgan fingerprint density at radius 1 is 1.31 bits per heavy atom. The minimum absolute atomic E-state index is 0.00801. The number of ketones is 1. The molecule has 0 saturated heterocycles. The van der Waals surface area contributed by atoms with Crippen molar-refractivity contribution in [3.8, 4) is 0 Å². The van der Waals surface area contributed by atoms with Gasteiger partial charge >= 0.3 is 0 Å². The third-order valence-corrected chi connectivity index (χ3v) is 4.06. The van der Waals surface area contributed by atoms with Gasteiger partial charge in [-0.1, -0.05) is 18.2 Å². The van der Waals surface area contributed by atoms with Crippen LogP contribution in [0.5, 0.6) is 0 Å². The number of rotatable bonds is 5. The number of hydrogen-bond donors (Lipinski definition) is 0. The van der Waals surface area contributed by atoms with Crippen LogP contribution in [0.3, 0.4) is 0 Å². The molecule has 0 aromatic heterocycles. The fourth-order valence-corrected chi connectivity index (χ4v) is 2.67. The van der Waals surface area contributed by atoms with Gasteiger partial charge in [-0.05, 0) is 35.1 Å². The van der Waals surface area contributed by atoms with Gasteiger partial charge in [0.2, 0.25) is 0 Å². The minimum Gasteiger partial charge on any atom is -0.294 e. The maximum Gasteiger partial charge on any atom is 0.163 e. The van der Waals surface area contributed by atoms with E-state index in [4.69, 9.17) is 0 Å². The molecule has 0 spiro atoms. The lowest BCUT2D eigenvalue weighted by Crippen LogP contribution is -2.07. The summed E-state index contributed by atoms with van der Waals surface area (Å²) in [4.78, 5) is 11.8. The molecule has 5 heteroatoms. The van der Waals surface area contributed by atoms with Gasteiger partial charge in [0.25, 0.3) is 0 Å². The molecule has 1 aromatic rings. The van der Waals surface area contributed by atoms with Gasteiger partial charge in [0.1, 0.15) is 9.84 Å². The summed E-state index contributed by atoms with van der Waals surface area (Å²) in [5, 5.41) is 0. The van der Waals surface area contributed by atoms with Crippen LogP contribution in [0.15, 0.2) is 24.3 Å². The Morgan fingerprint density at radius 3 is 2.50 bits per heavy atom. The van der Waals surface area contributed by atoms with Crippen molar-refractivity contribution in [2.24, 2.45) is 0 Å². The van der Waals surface area contributed by atoms with Crippen LogP contribution in [-0.4, -0.2) is 26.2 Å². The Balaban J connectivity index is 2.57. The third kappa shape index (κ3) is 4.61. The summed E-state index contributed by atoms with van der Waals surface area (Å²) in [5.74, 6) is 0.0796. The highest BCUT2D eigenvalue weighted by Gasteiger charge is 2.10. The lowest BCUT2D eigenvalue weighted by Gasteiger charge is -2.02. The third-order valence-electron chi connectivity index (χ3n) is 2.09. The highest BCUT2D eigenvalue weighted by atomic mass is 127. The zero-order valence-corrected chi connectivity index (χ0v) is 11.9. The maximum atomic E-state index is 11.8. The molecule has 0 heterocycles. The van der Waals surface area contributed by atoms with Crippen LogP contribution in [0.25, 0.3) is 0 Å². The fourth-order valence-electron chi connectivity index (χ4n) is 1.32. The number of halogens is 1. The van der Waals surface area contributed by atoms with Gasteiger partial charge in [-0.3, -0.25) is 4.79 Å². The molecule has 0 saturated carbocycles. The largest absolute Gasteiger partial charge is 0.294 e. The molecule has 0 atom stereocenters. The molecule has 0 bridgehead atoms. The van der Waals surface area contributed by atoms with E-state index in [0.717, 1.165) is 3.57 Å². The predicted octanol–water partition coefficient (Wildman–Crippen LogP) is 2.30.